The van der Waals surface area contributed by atoms with Gasteiger partial charge in [0.2, 0.25) is 0 Å². The predicted molar refractivity (Wildman–Crippen MR) is 106 cm³/mol. The predicted octanol–water partition coefficient (Wildman–Crippen LogP) is 3.55. The SMILES string of the molecule is CC(C)CC1(CN2C[C@H]3C[C@@H]2C[C@H]3CN2CCN(C(C)C)CC2)CC1. The number of piperazine rings is 1. The van der Waals surface area contributed by atoms with Gasteiger partial charge < -0.3 is 4.90 Å². The van der Waals surface area contributed by atoms with Crippen molar-refractivity contribution in [2.24, 2.45) is 23.2 Å². The Labute approximate surface area is 156 Å². The average molecular weight is 348 g/mol. The number of hydrogen-bond acceptors (Lipinski definition) is 3. The van der Waals surface area contributed by atoms with Gasteiger partial charge in [-0.2, -0.15) is 0 Å². The first-order valence-corrected chi connectivity index (χ1v) is 11.1. The molecule has 0 aromatic heterocycles. The Morgan fingerprint density at radius 1 is 0.960 bits per heavy atom. The van der Waals surface area contributed by atoms with Crippen molar-refractivity contribution in [1.29, 1.82) is 0 Å². The Morgan fingerprint density at radius 3 is 2.20 bits per heavy atom. The van der Waals surface area contributed by atoms with E-state index in [1.165, 1.54) is 77.9 Å². The van der Waals surface area contributed by atoms with E-state index in [-0.39, 0.29) is 0 Å². The summed E-state index contributed by atoms with van der Waals surface area (Å²) in [5.74, 6) is 2.87. The number of hydrogen-bond donors (Lipinski definition) is 0. The Kier molecular flexibility index (Phi) is 5.20. The van der Waals surface area contributed by atoms with Crippen LogP contribution in [0.4, 0.5) is 0 Å². The summed E-state index contributed by atoms with van der Waals surface area (Å²) < 4.78 is 0. The molecular formula is C22H41N3. The van der Waals surface area contributed by atoms with Gasteiger partial charge >= 0.3 is 0 Å². The number of fused-ring (bicyclic) bond motifs is 2. The fourth-order valence-corrected chi connectivity index (χ4v) is 6.26. The smallest absolute Gasteiger partial charge is 0.0113 e. The first-order valence-electron chi connectivity index (χ1n) is 11.1. The molecule has 3 heteroatoms. The van der Waals surface area contributed by atoms with Gasteiger partial charge in [0.15, 0.2) is 0 Å². The van der Waals surface area contributed by atoms with Crippen molar-refractivity contribution >= 4 is 0 Å². The fraction of sp³-hybridized carbons (Fsp3) is 1.00. The minimum atomic E-state index is 0.721. The van der Waals surface area contributed by atoms with Crippen LogP contribution in [0.2, 0.25) is 0 Å². The van der Waals surface area contributed by atoms with Crippen LogP contribution in [-0.2, 0) is 0 Å². The second-order valence-corrected chi connectivity index (χ2v) is 10.6. The van der Waals surface area contributed by atoms with Gasteiger partial charge in [0.25, 0.3) is 0 Å². The monoisotopic (exact) mass is 347 g/mol. The summed E-state index contributed by atoms with van der Waals surface area (Å²) >= 11 is 0. The van der Waals surface area contributed by atoms with Crippen LogP contribution in [0.5, 0.6) is 0 Å². The van der Waals surface area contributed by atoms with Crippen LogP contribution in [0.15, 0.2) is 0 Å². The number of piperidine rings is 1. The molecular weight excluding hydrogens is 306 g/mol. The average Bonchev–Trinajstić information content (AvgIpc) is 3.01. The van der Waals surface area contributed by atoms with Crippen LogP contribution in [0.3, 0.4) is 0 Å². The van der Waals surface area contributed by atoms with Crippen molar-refractivity contribution < 1.29 is 0 Å². The number of likely N-dealkylation sites (tertiary alicyclic amines) is 1. The molecule has 0 spiro atoms. The maximum absolute atomic E-state index is 2.91. The molecule has 2 saturated heterocycles. The van der Waals surface area contributed by atoms with Crippen LogP contribution >= 0.6 is 0 Å². The minimum Gasteiger partial charge on any atom is -0.301 e. The Hall–Kier alpha value is -0.120. The zero-order valence-electron chi connectivity index (χ0n) is 17.2. The van der Waals surface area contributed by atoms with Crippen LogP contribution < -0.4 is 0 Å². The van der Waals surface area contributed by atoms with Crippen LogP contribution in [0.1, 0.15) is 59.8 Å². The largest absolute Gasteiger partial charge is 0.301 e. The number of nitrogens with zero attached hydrogens (tertiary/aromatic N) is 3. The van der Waals surface area contributed by atoms with Crippen molar-refractivity contribution in [3.05, 3.63) is 0 Å². The van der Waals surface area contributed by atoms with Crippen molar-refractivity contribution in [2.45, 2.75) is 71.9 Å². The standard InChI is InChI=1S/C22H41N3/c1-17(2)13-22(5-6-22)16-25-15-20-12-21(25)11-19(20)14-23-7-9-24(10-8-23)18(3)4/h17-21H,5-16H2,1-4H3/t19-,20+,21-/m0/s1. The molecule has 3 atom stereocenters. The first-order chi connectivity index (χ1) is 11.9. The molecule has 4 fully saturated rings. The quantitative estimate of drug-likeness (QED) is 0.697. The Morgan fingerprint density at radius 2 is 1.68 bits per heavy atom. The van der Waals surface area contributed by atoms with Gasteiger partial charge in [-0.05, 0) is 69.1 Å². The van der Waals surface area contributed by atoms with Crippen molar-refractivity contribution in [3.63, 3.8) is 0 Å². The third-order valence-electron chi connectivity index (χ3n) is 7.77. The van der Waals surface area contributed by atoms with Crippen molar-refractivity contribution in [1.82, 2.24) is 14.7 Å². The van der Waals surface area contributed by atoms with Crippen LogP contribution in [-0.4, -0.2) is 72.6 Å². The molecule has 2 aliphatic heterocycles. The molecule has 0 N–H and O–H groups in total. The van der Waals surface area contributed by atoms with Gasteiger partial charge in [-0.3, -0.25) is 9.80 Å². The summed E-state index contributed by atoms with van der Waals surface area (Å²) in [6, 6.07) is 1.65. The molecule has 4 rings (SSSR count). The molecule has 2 bridgehead atoms. The van der Waals surface area contributed by atoms with E-state index in [1.807, 2.05) is 0 Å². The zero-order chi connectivity index (χ0) is 17.6. The van der Waals surface area contributed by atoms with E-state index in [0.29, 0.717) is 0 Å². The van der Waals surface area contributed by atoms with E-state index in [1.54, 1.807) is 0 Å². The van der Waals surface area contributed by atoms with E-state index in [9.17, 15) is 0 Å². The van der Waals surface area contributed by atoms with Gasteiger partial charge in [0, 0.05) is 57.9 Å². The van der Waals surface area contributed by atoms with E-state index in [4.69, 9.17) is 0 Å². The van der Waals surface area contributed by atoms with Crippen molar-refractivity contribution in [3.8, 4) is 0 Å². The number of rotatable bonds is 7. The normalized spacial score (nSPS) is 36.0. The molecule has 0 radical (unpaired) electrons. The lowest BCUT2D eigenvalue weighted by Gasteiger charge is -2.40. The van der Waals surface area contributed by atoms with Gasteiger partial charge in [-0.15, -0.1) is 0 Å². The van der Waals surface area contributed by atoms with Gasteiger partial charge in [-0.25, -0.2) is 0 Å². The van der Waals surface area contributed by atoms with Crippen LogP contribution in [0, 0.1) is 23.2 Å². The minimum absolute atomic E-state index is 0.721. The summed E-state index contributed by atoms with van der Waals surface area (Å²) in [5, 5.41) is 0. The van der Waals surface area contributed by atoms with Crippen LogP contribution in [0.25, 0.3) is 0 Å². The van der Waals surface area contributed by atoms with Gasteiger partial charge in [0.05, 0.1) is 0 Å². The topological polar surface area (TPSA) is 9.72 Å². The highest BCUT2D eigenvalue weighted by Crippen LogP contribution is 2.53. The maximum Gasteiger partial charge on any atom is 0.0113 e. The first kappa shape index (κ1) is 18.3. The van der Waals surface area contributed by atoms with E-state index < -0.39 is 0 Å². The van der Waals surface area contributed by atoms with Gasteiger partial charge in [0.1, 0.15) is 0 Å². The molecule has 0 unspecified atom stereocenters. The van der Waals surface area contributed by atoms with E-state index >= 15 is 0 Å². The molecule has 0 amide bonds. The third-order valence-corrected chi connectivity index (χ3v) is 7.77. The highest BCUT2D eigenvalue weighted by molar-refractivity contribution is 5.03. The molecule has 144 valence electrons. The maximum atomic E-state index is 2.91. The molecule has 0 aromatic carbocycles. The molecule has 2 heterocycles. The molecule has 2 saturated carbocycles. The third kappa shape index (κ3) is 4.09. The second kappa shape index (κ2) is 7.13. The summed E-state index contributed by atoms with van der Waals surface area (Å²) in [6.45, 7) is 18.9. The summed E-state index contributed by atoms with van der Waals surface area (Å²) in [7, 11) is 0. The van der Waals surface area contributed by atoms with E-state index in [0.717, 1.165) is 35.3 Å². The molecule has 4 aliphatic rings. The molecule has 3 nitrogen and oxygen atoms in total. The molecule has 0 aromatic rings. The lowest BCUT2D eigenvalue weighted by molar-refractivity contribution is 0.0732. The summed E-state index contributed by atoms with van der Waals surface area (Å²) in [5.41, 5.74) is 0.724. The van der Waals surface area contributed by atoms with Crippen molar-refractivity contribution in [2.75, 3.05) is 45.8 Å². The summed E-state index contributed by atoms with van der Waals surface area (Å²) in [6.07, 6.45) is 7.47. The zero-order valence-corrected chi connectivity index (χ0v) is 17.2. The lowest BCUT2D eigenvalue weighted by atomic mass is 9.90. The highest BCUT2D eigenvalue weighted by atomic mass is 15.3. The Bertz CT molecular complexity index is 448. The highest BCUT2D eigenvalue weighted by Gasteiger charge is 2.50. The van der Waals surface area contributed by atoms with Gasteiger partial charge in [-0.1, -0.05) is 13.8 Å². The molecule has 2 aliphatic carbocycles. The van der Waals surface area contributed by atoms with E-state index in [2.05, 4.69) is 42.4 Å². The second-order valence-electron chi connectivity index (χ2n) is 10.6. The summed E-state index contributed by atoms with van der Waals surface area (Å²) in [4.78, 5) is 8.33. The fourth-order valence-electron chi connectivity index (χ4n) is 6.26. The Balaban J connectivity index is 1.22. The lowest BCUT2D eigenvalue weighted by Crippen LogP contribution is -2.51. The molecule has 25 heavy (non-hydrogen) atoms.